The first-order valence-electron chi connectivity index (χ1n) is 8.42. The molecule has 24 heavy (non-hydrogen) atoms. The average molecular weight is 324 g/mol. The van der Waals surface area contributed by atoms with Crippen molar-refractivity contribution in [3.05, 3.63) is 71.8 Å². The largest absolute Gasteiger partial charge is 0.465 e. The summed E-state index contributed by atoms with van der Waals surface area (Å²) in [7, 11) is 0. The second kappa shape index (κ2) is 7.49. The highest BCUT2D eigenvalue weighted by Gasteiger charge is 2.38. The van der Waals surface area contributed by atoms with Gasteiger partial charge in [-0.2, -0.15) is 0 Å². The summed E-state index contributed by atoms with van der Waals surface area (Å²) in [5.74, 6) is 0. The van der Waals surface area contributed by atoms with Crippen molar-refractivity contribution in [3.8, 4) is 0 Å². The smallest absolute Gasteiger partial charge is 0.404 e. The van der Waals surface area contributed by atoms with Gasteiger partial charge in [-0.3, -0.25) is 4.90 Å². The summed E-state index contributed by atoms with van der Waals surface area (Å²) in [6.45, 7) is 3.34. The van der Waals surface area contributed by atoms with Gasteiger partial charge in [0.05, 0.1) is 0 Å². The van der Waals surface area contributed by atoms with Gasteiger partial charge >= 0.3 is 6.09 Å². The fourth-order valence-corrected chi connectivity index (χ4v) is 3.65. The maximum Gasteiger partial charge on any atom is 0.404 e. The topological polar surface area (TPSA) is 52.6 Å². The highest BCUT2D eigenvalue weighted by Crippen LogP contribution is 2.34. The van der Waals surface area contributed by atoms with E-state index in [1.54, 1.807) is 0 Å². The number of amides is 1. The first-order valence-corrected chi connectivity index (χ1v) is 8.42. The van der Waals surface area contributed by atoms with E-state index in [2.05, 4.69) is 46.6 Å². The predicted molar refractivity (Wildman–Crippen MR) is 94.9 cm³/mol. The lowest BCUT2D eigenvalue weighted by Gasteiger charge is -2.29. The molecule has 4 nitrogen and oxygen atoms in total. The second-order valence-corrected chi connectivity index (χ2v) is 6.77. The number of rotatable bonds is 6. The Labute approximate surface area is 143 Å². The molecule has 1 aliphatic heterocycles. The van der Waals surface area contributed by atoms with E-state index in [0.717, 1.165) is 32.5 Å². The van der Waals surface area contributed by atoms with Crippen LogP contribution in [0, 0.1) is 5.41 Å². The van der Waals surface area contributed by atoms with Crippen LogP contribution in [-0.2, 0) is 13.0 Å². The van der Waals surface area contributed by atoms with Crippen LogP contribution in [-0.4, -0.2) is 35.7 Å². The van der Waals surface area contributed by atoms with E-state index in [1.807, 2.05) is 24.3 Å². The van der Waals surface area contributed by atoms with Crippen molar-refractivity contribution in [2.75, 3.05) is 19.6 Å². The van der Waals surface area contributed by atoms with Crippen LogP contribution in [0.3, 0.4) is 0 Å². The Morgan fingerprint density at radius 1 is 1.04 bits per heavy atom. The molecule has 0 aliphatic carbocycles. The van der Waals surface area contributed by atoms with Crippen molar-refractivity contribution in [1.29, 1.82) is 0 Å². The van der Waals surface area contributed by atoms with Crippen molar-refractivity contribution in [2.24, 2.45) is 5.41 Å². The van der Waals surface area contributed by atoms with Gasteiger partial charge in [-0.1, -0.05) is 60.7 Å². The predicted octanol–water partition coefficient (Wildman–Crippen LogP) is 3.39. The molecule has 0 saturated carbocycles. The Kier molecular flexibility index (Phi) is 5.16. The fourth-order valence-electron chi connectivity index (χ4n) is 3.65. The molecule has 4 heteroatoms. The van der Waals surface area contributed by atoms with Crippen LogP contribution in [0.25, 0.3) is 0 Å². The SMILES string of the molecule is O=C(O)NCC1(Cc2ccccc2)CCN(Cc2ccccc2)C1. The zero-order valence-electron chi connectivity index (χ0n) is 13.8. The van der Waals surface area contributed by atoms with Gasteiger partial charge in [-0.05, 0) is 30.5 Å². The maximum absolute atomic E-state index is 11.0. The van der Waals surface area contributed by atoms with Gasteiger partial charge in [0.25, 0.3) is 0 Å². The fraction of sp³-hybridized carbons (Fsp3) is 0.350. The minimum absolute atomic E-state index is 0.0332. The van der Waals surface area contributed by atoms with Crippen LogP contribution in [0.1, 0.15) is 17.5 Å². The third-order valence-corrected chi connectivity index (χ3v) is 4.80. The molecule has 126 valence electrons. The lowest BCUT2D eigenvalue weighted by atomic mass is 9.80. The van der Waals surface area contributed by atoms with Crippen LogP contribution in [0.2, 0.25) is 0 Å². The Hall–Kier alpha value is -2.33. The standard InChI is InChI=1S/C20H24N2O2/c23-19(24)21-15-20(13-17-7-3-1-4-8-17)11-12-22(16-20)14-18-9-5-2-6-10-18/h1-10,21H,11-16H2,(H,23,24). The summed E-state index contributed by atoms with van der Waals surface area (Å²) in [6.07, 6.45) is 0.970. The van der Waals surface area contributed by atoms with E-state index < -0.39 is 6.09 Å². The molecule has 1 atom stereocenters. The molecule has 0 radical (unpaired) electrons. The van der Waals surface area contributed by atoms with Gasteiger partial charge in [-0.15, -0.1) is 0 Å². The van der Waals surface area contributed by atoms with Gasteiger partial charge in [-0.25, -0.2) is 4.79 Å². The first kappa shape index (κ1) is 16.5. The van der Waals surface area contributed by atoms with Crippen LogP contribution in [0.15, 0.2) is 60.7 Å². The lowest BCUT2D eigenvalue weighted by Crippen LogP contribution is -2.40. The number of hydrogen-bond donors (Lipinski definition) is 2. The molecule has 3 rings (SSSR count). The summed E-state index contributed by atoms with van der Waals surface area (Å²) >= 11 is 0. The molecule has 1 amide bonds. The molecule has 2 aromatic rings. The van der Waals surface area contributed by atoms with Crippen LogP contribution in [0.4, 0.5) is 4.79 Å². The molecule has 2 aromatic carbocycles. The molecular weight excluding hydrogens is 300 g/mol. The quantitative estimate of drug-likeness (QED) is 0.856. The van der Waals surface area contributed by atoms with Crippen molar-refractivity contribution >= 4 is 6.09 Å². The number of nitrogens with zero attached hydrogens (tertiary/aromatic N) is 1. The molecule has 1 saturated heterocycles. The van der Waals surface area contributed by atoms with E-state index in [1.165, 1.54) is 11.1 Å². The zero-order chi connectivity index (χ0) is 16.8. The average Bonchev–Trinajstić information content (AvgIpc) is 2.98. The zero-order valence-corrected chi connectivity index (χ0v) is 13.8. The molecule has 0 bridgehead atoms. The second-order valence-electron chi connectivity index (χ2n) is 6.77. The van der Waals surface area contributed by atoms with E-state index in [-0.39, 0.29) is 5.41 Å². The molecule has 0 aromatic heterocycles. The van der Waals surface area contributed by atoms with Crippen molar-refractivity contribution in [2.45, 2.75) is 19.4 Å². The van der Waals surface area contributed by atoms with E-state index >= 15 is 0 Å². The number of carbonyl (C=O) groups is 1. The van der Waals surface area contributed by atoms with Gasteiger partial charge < -0.3 is 10.4 Å². The summed E-state index contributed by atoms with van der Waals surface area (Å²) in [4.78, 5) is 13.4. The van der Waals surface area contributed by atoms with Gasteiger partial charge in [0, 0.05) is 25.0 Å². The summed E-state index contributed by atoms with van der Waals surface area (Å²) in [5, 5.41) is 11.7. The number of likely N-dealkylation sites (tertiary alicyclic amines) is 1. The monoisotopic (exact) mass is 324 g/mol. The van der Waals surface area contributed by atoms with E-state index in [9.17, 15) is 4.79 Å². The van der Waals surface area contributed by atoms with Crippen molar-refractivity contribution < 1.29 is 9.90 Å². The Morgan fingerprint density at radius 2 is 1.67 bits per heavy atom. The number of benzene rings is 2. The maximum atomic E-state index is 11.0. The summed E-state index contributed by atoms with van der Waals surface area (Å²) in [6, 6.07) is 20.8. The minimum atomic E-state index is -0.941. The van der Waals surface area contributed by atoms with Crippen LogP contribution >= 0.6 is 0 Å². The summed E-state index contributed by atoms with van der Waals surface area (Å²) in [5.41, 5.74) is 2.54. The van der Waals surface area contributed by atoms with Gasteiger partial charge in [0.1, 0.15) is 0 Å². The van der Waals surface area contributed by atoms with Crippen molar-refractivity contribution in [3.63, 3.8) is 0 Å². The number of carboxylic acid groups (broad SMARTS) is 1. The van der Waals surface area contributed by atoms with E-state index in [4.69, 9.17) is 5.11 Å². The minimum Gasteiger partial charge on any atom is -0.465 e. The van der Waals surface area contributed by atoms with Crippen molar-refractivity contribution in [1.82, 2.24) is 10.2 Å². The Morgan fingerprint density at radius 3 is 2.29 bits per heavy atom. The van der Waals surface area contributed by atoms with Gasteiger partial charge in [0.15, 0.2) is 0 Å². The molecular formula is C20H24N2O2. The third kappa shape index (κ3) is 4.36. The third-order valence-electron chi connectivity index (χ3n) is 4.80. The van der Waals surface area contributed by atoms with Crippen LogP contribution in [0.5, 0.6) is 0 Å². The summed E-state index contributed by atoms with van der Waals surface area (Å²) < 4.78 is 0. The van der Waals surface area contributed by atoms with Gasteiger partial charge in [0.2, 0.25) is 0 Å². The molecule has 1 unspecified atom stereocenters. The Bertz CT molecular complexity index is 660. The normalized spacial score (nSPS) is 20.8. The molecule has 0 spiro atoms. The molecule has 1 heterocycles. The number of nitrogens with one attached hydrogen (secondary N) is 1. The molecule has 1 aliphatic rings. The molecule has 1 fully saturated rings. The first-order chi connectivity index (χ1) is 11.7. The Balaban J connectivity index is 1.70. The molecule has 2 N–H and O–H groups in total. The highest BCUT2D eigenvalue weighted by atomic mass is 16.4. The highest BCUT2D eigenvalue weighted by molar-refractivity contribution is 5.64. The number of hydrogen-bond acceptors (Lipinski definition) is 2. The lowest BCUT2D eigenvalue weighted by molar-refractivity contribution is 0.181. The van der Waals surface area contributed by atoms with E-state index in [0.29, 0.717) is 6.54 Å². The van der Waals surface area contributed by atoms with Crippen LogP contribution < -0.4 is 5.32 Å².